The number of likely N-dealkylation sites (N-methyl/N-ethyl adjacent to an activating group) is 1. The van der Waals surface area contributed by atoms with E-state index in [-0.39, 0.29) is 18.2 Å². The second-order valence-corrected chi connectivity index (χ2v) is 11.9. The molecule has 8 nitrogen and oxygen atoms in total. The molecular weight excluding hydrogens is 588 g/mol. The first-order valence-corrected chi connectivity index (χ1v) is 16.5. The average molecular weight is 633 g/mol. The van der Waals surface area contributed by atoms with E-state index in [0.29, 0.717) is 50.4 Å². The highest BCUT2D eigenvalue weighted by molar-refractivity contribution is 5.93. The summed E-state index contributed by atoms with van der Waals surface area (Å²) in [6, 6.07) is 32.6. The van der Waals surface area contributed by atoms with Gasteiger partial charge in [-0.05, 0) is 78.9 Å². The van der Waals surface area contributed by atoms with Crippen LogP contribution in [0, 0.1) is 0 Å². The van der Waals surface area contributed by atoms with E-state index in [0.717, 1.165) is 22.3 Å². The summed E-state index contributed by atoms with van der Waals surface area (Å²) in [6.45, 7) is 5.72. The minimum absolute atomic E-state index is 0.226. The highest BCUT2D eigenvalue weighted by atomic mass is 16.5. The van der Waals surface area contributed by atoms with Crippen molar-refractivity contribution < 1.29 is 19.1 Å². The third-order valence-corrected chi connectivity index (χ3v) is 8.60. The zero-order chi connectivity index (χ0) is 33.0. The molecule has 4 aromatic rings. The Bertz CT molecular complexity index is 1620. The Kier molecular flexibility index (Phi) is 11.8. The molecule has 0 fully saturated rings. The molecular formula is C39H44N4O4. The van der Waals surface area contributed by atoms with E-state index >= 15 is 0 Å². The number of hydrogen-bond donors (Lipinski definition) is 3. The van der Waals surface area contributed by atoms with Gasteiger partial charge >= 0.3 is 0 Å². The van der Waals surface area contributed by atoms with Gasteiger partial charge in [0.05, 0.1) is 6.04 Å². The predicted octanol–water partition coefficient (Wildman–Crippen LogP) is 5.21. The molecule has 0 unspecified atom stereocenters. The van der Waals surface area contributed by atoms with Crippen molar-refractivity contribution in [1.82, 2.24) is 20.9 Å². The van der Waals surface area contributed by atoms with E-state index in [9.17, 15) is 14.4 Å². The zero-order valence-electron chi connectivity index (χ0n) is 27.2. The maximum atomic E-state index is 14.1. The van der Waals surface area contributed by atoms with E-state index in [1.807, 2.05) is 123 Å². The monoisotopic (exact) mass is 632 g/mol. The van der Waals surface area contributed by atoms with Crippen molar-refractivity contribution in [3.8, 4) is 11.5 Å². The quantitative estimate of drug-likeness (QED) is 0.236. The summed E-state index contributed by atoms with van der Waals surface area (Å²) >= 11 is 0. The van der Waals surface area contributed by atoms with Crippen LogP contribution in [0.4, 0.5) is 0 Å². The lowest BCUT2D eigenvalue weighted by atomic mass is 10.00. The standard InChI is InChI=1S/C39H44N4O4/c1-3-43(4-2)36-26-31-18-12-20-33(24-31)47-32-19-11-17-30(23-32)25-35(37(44)40-27-29-15-9-6-10-16-29)42-38(45)34(41-39(36)46)22-21-28-13-7-5-8-14-28/h5-20,23-24,34-36H,3-4,21-22,25-27H2,1-2H3,(H,40,44)(H,41,46)(H,42,45)/t34-,35-,36-/m0/s1. The molecule has 3 atom stereocenters. The van der Waals surface area contributed by atoms with Gasteiger partial charge in [0.2, 0.25) is 17.7 Å². The van der Waals surface area contributed by atoms with Crippen molar-refractivity contribution in [3.63, 3.8) is 0 Å². The van der Waals surface area contributed by atoms with Crippen molar-refractivity contribution in [1.29, 1.82) is 0 Å². The average Bonchev–Trinajstić information content (AvgIpc) is 3.09. The largest absolute Gasteiger partial charge is 0.457 e. The Labute approximate surface area is 277 Å². The van der Waals surface area contributed by atoms with Crippen molar-refractivity contribution in [2.75, 3.05) is 13.1 Å². The number of hydrogen-bond acceptors (Lipinski definition) is 5. The van der Waals surface area contributed by atoms with Gasteiger partial charge < -0.3 is 20.7 Å². The summed E-state index contributed by atoms with van der Waals surface area (Å²) in [5.74, 6) is 0.359. The lowest BCUT2D eigenvalue weighted by molar-refractivity contribution is -0.134. The predicted molar refractivity (Wildman–Crippen MR) is 184 cm³/mol. The highest BCUT2D eigenvalue weighted by Gasteiger charge is 2.31. The van der Waals surface area contributed by atoms with Crippen LogP contribution in [0.2, 0.25) is 0 Å². The Morgan fingerprint density at radius 1 is 0.745 bits per heavy atom. The number of fused-ring (bicyclic) bond motifs is 4. The number of nitrogens with one attached hydrogen (secondary N) is 3. The van der Waals surface area contributed by atoms with E-state index in [2.05, 4.69) is 20.9 Å². The minimum atomic E-state index is -0.882. The van der Waals surface area contributed by atoms with Gasteiger partial charge in [-0.15, -0.1) is 0 Å². The van der Waals surface area contributed by atoms with Crippen LogP contribution in [0.25, 0.3) is 0 Å². The van der Waals surface area contributed by atoms with Crippen molar-refractivity contribution >= 4 is 17.7 Å². The molecule has 1 aliphatic heterocycles. The first-order valence-electron chi connectivity index (χ1n) is 16.5. The van der Waals surface area contributed by atoms with E-state index in [1.165, 1.54) is 0 Å². The lowest BCUT2D eigenvalue weighted by Crippen LogP contribution is -2.57. The molecule has 0 aromatic heterocycles. The van der Waals surface area contributed by atoms with Crippen LogP contribution in [-0.2, 0) is 40.2 Å². The summed E-state index contributed by atoms with van der Waals surface area (Å²) in [6.07, 6.45) is 1.65. The number of carbonyl (C=O) groups is 3. The minimum Gasteiger partial charge on any atom is -0.457 e. The summed E-state index contributed by atoms with van der Waals surface area (Å²) in [5.41, 5.74) is 3.80. The van der Waals surface area contributed by atoms with Gasteiger partial charge in [0.25, 0.3) is 0 Å². The number of ether oxygens (including phenoxy) is 1. The smallest absolute Gasteiger partial charge is 0.243 e. The zero-order valence-corrected chi connectivity index (χ0v) is 27.2. The Morgan fingerprint density at radius 3 is 1.96 bits per heavy atom. The number of benzene rings is 4. The molecule has 47 heavy (non-hydrogen) atoms. The summed E-state index contributed by atoms with van der Waals surface area (Å²) in [4.78, 5) is 44.0. The van der Waals surface area contributed by atoms with Gasteiger partial charge in [0.15, 0.2) is 0 Å². The first kappa shape index (κ1) is 33.4. The van der Waals surface area contributed by atoms with Crippen LogP contribution in [0.3, 0.4) is 0 Å². The molecule has 4 aromatic carbocycles. The number of carbonyl (C=O) groups excluding carboxylic acids is 3. The van der Waals surface area contributed by atoms with E-state index < -0.39 is 24.0 Å². The molecule has 1 heterocycles. The summed E-state index contributed by atoms with van der Waals surface area (Å²) in [7, 11) is 0. The molecule has 4 bridgehead atoms. The summed E-state index contributed by atoms with van der Waals surface area (Å²) < 4.78 is 6.25. The molecule has 0 radical (unpaired) electrons. The van der Waals surface area contributed by atoms with Gasteiger partial charge in [0, 0.05) is 13.0 Å². The van der Waals surface area contributed by atoms with Crippen LogP contribution in [0.1, 0.15) is 42.5 Å². The lowest BCUT2D eigenvalue weighted by Gasteiger charge is -2.31. The molecule has 0 saturated heterocycles. The normalized spacial score (nSPS) is 18.5. The number of rotatable bonds is 9. The highest BCUT2D eigenvalue weighted by Crippen LogP contribution is 2.25. The number of amides is 3. The second kappa shape index (κ2) is 16.6. The fourth-order valence-electron chi connectivity index (χ4n) is 6.00. The van der Waals surface area contributed by atoms with E-state index in [4.69, 9.17) is 4.74 Å². The maximum absolute atomic E-state index is 14.1. The van der Waals surface area contributed by atoms with E-state index in [1.54, 1.807) is 0 Å². The summed E-state index contributed by atoms with van der Waals surface area (Å²) in [5, 5.41) is 9.10. The van der Waals surface area contributed by atoms with Crippen molar-refractivity contribution in [3.05, 3.63) is 131 Å². The maximum Gasteiger partial charge on any atom is 0.243 e. The van der Waals surface area contributed by atoms with Crippen LogP contribution < -0.4 is 20.7 Å². The number of nitrogens with zero attached hydrogens (tertiary/aromatic N) is 1. The molecule has 1 aliphatic rings. The van der Waals surface area contributed by atoms with Crippen LogP contribution in [0.5, 0.6) is 11.5 Å². The fraction of sp³-hybridized carbons (Fsp3) is 0.308. The molecule has 0 saturated carbocycles. The Morgan fingerprint density at radius 2 is 1.34 bits per heavy atom. The molecule has 8 heteroatoms. The van der Waals surface area contributed by atoms with Gasteiger partial charge in [-0.1, -0.05) is 98.8 Å². The molecule has 0 aliphatic carbocycles. The van der Waals surface area contributed by atoms with Gasteiger partial charge in [-0.25, -0.2) is 0 Å². The number of aryl methyl sites for hydroxylation is 1. The topological polar surface area (TPSA) is 99.8 Å². The molecule has 0 spiro atoms. The molecule has 244 valence electrons. The van der Waals surface area contributed by atoms with Crippen LogP contribution in [-0.4, -0.2) is 53.8 Å². The molecule has 3 N–H and O–H groups in total. The fourth-order valence-corrected chi connectivity index (χ4v) is 6.00. The van der Waals surface area contributed by atoms with Crippen LogP contribution >= 0.6 is 0 Å². The first-order chi connectivity index (χ1) is 22.9. The van der Waals surface area contributed by atoms with Gasteiger partial charge in [-0.3, -0.25) is 19.3 Å². The van der Waals surface area contributed by atoms with Gasteiger partial charge in [0.1, 0.15) is 23.6 Å². The molecule has 5 rings (SSSR count). The SMILES string of the molecule is CCN(CC)[C@H]1Cc2cccc(c2)Oc2cccc(c2)C[C@@H](C(=O)NCc2ccccc2)NC(=O)[C@H](CCc2ccccc2)NC1=O. The van der Waals surface area contributed by atoms with Crippen molar-refractivity contribution in [2.45, 2.75) is 64.2 Å². The Hall–Kier alpha value is -4.95. The third-order valence-electron chi connectivity index (χ3n) is 8.60. The molecule has 3 amide bonds. The van der Waals surface area contributed by atoms with Gasteiger partial charge in [-0.2, -0.15) is 0 Å². The van der Waals surface area contributed by atoms with Crippen molar-refractivity contribution in [2.24, 2.45) is 0 Å². The second-order valence-electron chi connectivity index (χ2n) is 11.9. The Balaban J connectivity index is 1.49. The van der Waals surface area contributed by atoms with Crippen LogP contribution in [0.15, 0.2) is 109 Å². The third kappa shape index (κ3) is 9.53.